The zero-order valence-electron chi connectivity index (χ0n) is 11.1. The Hall–Kier alpha value is -2.17. The Bertz CT molecular complexity index is 561. The molecule has 20 heavy (non-hydrogen) atoms. The number of methoxy groups -OCH3 is 1. The number of benzene rings is 2. The van der Waals surface area contributed by atoms with Crippen molar-refractivity contribution >= 4 is 11.4 Å². The van der Waals surface area contributed by atoms with Crippen molar-refractivity contribution in [2.75, 3.05) is 19.1 Å². The minimum absolute atomic E-state index is 0.649. The summed E-state index contributed by atoms with van der Waals surface area (Å²) in [5.74, 6) is 0.731. The van der Waals surface area contributed by atoms with Crippen LogP contribution in [0.4, 0.5) is 24.5 Å². The summed E-state index contributed by atoms with van der Waals surface area (Å²) in [6.45, 7) is 0. The summed E-state index contributed by atoms with van der Waals surface area (Å²) >= 11 is 0. The standard InChI is InChI=1S/C15H14F3NO/c1-19(13-7-9-14(20-2)10-8-13)12-5-3-11(4-6-12)15(16,17)18/h3-10H,1-2H3. The fourth-order valence-electron chi connectivity index (χ4n) is 1.83. The number of ether oxygens (including phenoxy) is 1. The van der Waals surface area contributed by atoms with Crippen LogP contribution < -0.4 is 9.64 Å². The van der Waals surface area contributed by atoms with Crippen molar-refractivity contribution in [3.8, 4) is 5.75 Å². The largest absolute Gasteiger partial charge is 0.497 e. The van der Waals surface area contributed by atoms with Gasteiger partial charge in [0, 0.05) is 18.4 Å². The molecule has 2 aromatic carbocycles. The van der Waals surface area contributed by atoms with Crippen LogP contribution in [0.25, 0.3) is 0 Å². The molecule has 106 valence electrons. The quantitative estimate of drug-likeness (QED) is 0.822. The van der Waals surface area contributed by atoms with E-state index in [4.69, 9.17) is 4.74 Å². The molecule has 0 atom stereocenters. The number of hydrogen-bond acceptors (Lipinski definition) is 2. The number of alkyl halides is 3. The summed E-state index contributed by atoms with van der Waals surface area (Å²) in [6.07, 6.45) is -4.31. The molecule has 2 rings (SSSR count). The fourth-order valence-corrected chi connectivity index (χ4v) is 1.83. The van der Waals surface area contributed by atoms with E-state index in [1.165, 1.54) is 12.1 Å². The SMILES string of the molecule is COc1ccc(N(C)c2ccc(C(F)(F)F)cc2)cc1. The number of anilines is 2. The average Bonchev–Trinajstić information content (AvgIpc) is 2.46. The van der Waals surface area contributed by atoms with Crippen molar-refractivity contribution in [1.82, 2.24) is 0 Å². The van der Waals surface area contributed by atoms with Crippen LogP contribution in [0.3, 0.4) is 0 Å². The maximum absolute atomic E-state index is 12.5. The van der Waals surface area contributed by atoms with Gasteiger partial charge in [0.1, 0.15) is 5.75 Å². The predicted molar refractivity (Wildman–Crippen MR) is 72.5 cm³/mol. The van der Waals surface area contributed by atoms with E-state index in [1.54, 1.807) is 31.2 Å². The van der Waals surface area contributed by atoms with Gasteiger partial charge in [-0.25, -0.2) is 0 Å². The first kappa shape index (κ1) is 14.2. The van der Waals surface area contributed by atoms with Crippen molar-refractivity contribution in [3.63, 3.8) is 0 Å². The van der Waals surface area contributed by atoms with Crippen LogP contribution in [0.2, 0.25) is 0 Å². The Morgan fingerprint density at radius 2 is 1.30 bits per heavy atom. The summed E-state index contributed by atoms with van der Waals surface area (Å²) in [6, 6.07) is 12.4. The van der Waals surface area contributed by atoms with E-state index in [1.807, 2.05) is 12.1 Å². The molecule has 0 saturated carbocycles. The van der Waals surface area contributed by atoms with Crippen LogP contribution in [0, 0.1) is 0 Å². The highest BCUT2D eigenvalue weighted by molar-refractivity contribution is 5.63. The zero-order chi connectivity index (χ0) is 14.8. The third-order valence-corrected chi connectivity index (χ3v) is 3.04. The van der Waals surface area contributed by atoms with Crippen molar-refractivity contribution < 1.29 is 17.9 Å². The molecular formula is C15H14F3NO. The molecule has 0 aliphatic carbocycles. The monoisotopic (exact) mass is 281 g/mol. The molecule has 0 heterocycles. The molecule has 0 N–H and O–H groups in total. The van der Waals surface area contributed by atoms with Gasteiger partial charge in [-0.05, 0) is 48.5 Å². The van der Waals surface area contributed by atoms with Gasteiger partial charge in [-0.3, -0.25) is 0 Å². The van der Waals surface area contributed by atoms with Gasteiger partial charge in [0.05, 0.1) is 12.7 Å². The van der Waals surface area contributed by atoms with E-state index in [0.29, 0.717) is 5.69 Å². The van der Waals surface area contributed by atoms with Crippen molar-refractivity contribution in [1.29, 1.82) is 0 Å². The third-order valence-electron chi connectivity index (χ3n) is 3.04. The van der Waals surface area contributed by atoms with Crippen molar-refractivity contribution in [3.05, 3.63) is 54.1 Å². The second kappa shape index (κ2) is 5.45. The lowest BCUT2D eigenvalue weighted by Crippen LogP contribution is -2.10. The van der Waals surface area contributed by atoms with Gasteiger partial charge in [0.2, 0.25) is 0 Å². The molecule has 0 aliphatic heterocycles. The van der Waals surface area contributed by atoms with Gasteiger partial charge >= 0.3 is 6.18 Å². The van der Waals surface area contributed by atoms with E-state index >= 15 is 0 Å². The summed E-state index contributed by atoms with van der Waals surface area (Å²) in [5, 5.41) is 0. The van der Waals surface area contributed by atoms with E-state index < -0.39 is 11.7 Å². The highest BCUT2D eigenvalue weighted by Crippen LogP contribution is 2.32. The molecule has 5 heteroatoms. The third kappa shape index (κ3) is 3.04. The van der Waals surface area contributed by atoms with Crippen LogP contribution in [0.1, 0.15) is 5.56 Å². The van der Waals surface area contributed by atoms with Gasteiger partial charge in [-0.2, -0.15) is 13.2 Å². The maximum atomic E-state index is 12.5. The summed E-state index contributed by atoms with van der Waals surface area (Å²) < 4.78 is 42.6. The van der Waals surface area contributed by atoms with Crippen LogP contribution >= 0.6 is 0 Å². The average molecular weight is 281 g/mol. The number of nitrogens with zero attached hydrogens (tertiary/aromatic N) is 1. The molecule has 0 fully saturated rings. The van der Waals surface area contributed by atoms with E-state index in [0.717, 1.165) is 23.6 Å². The molecule has 0 saturated heterocycles. The normalized spacial score (nSPS) is 11.2. The van der Waals surface area contributed by atoms with Crippen molar-refractivity contribution in [2.24, 2.45) is 0 Å². The minimum Gasteiger partial charge on any atom is -0.497 e. The zero-order valence-corrected chi connectivity index (χ0v) is 11.1. The Morgan fingerprint density at radius 1 is 0.850 bits per heavy atom. The molecule has 0 aliphatic rings. The van der Waals surface area contributed by atoms with Gasteiger partial charge in [0.15, 0.2) is 0 Å². The molecule has 0 amide bonds. The molecule has 0 aromatic heterocycles. The lowest BCUT2D eigenvalue weighted by atomic mass is 10.2. The number of halogens is 3. The predicted octanol–water partition coefficient (Wildman–Crippen LogP) is 4.48. The van der Waals surface area contributed by atoms with Crippen LogP contribution in [-0.2, 0) is 6.18 Å². The minimum atomic E-state index is -4.31. The topological polar surface area (TPSA) is 12.5 Å². The van der Waals surface area contributed by atoms with Crippen molar-refractivity contribution in [2.45, 2.75) is 6.18 Å². The first-order valence-corrected chi connectivity index (χ1v) is 5.97. The van der Waals surface area contributed by atoms with Crippen LogP contribution in [0.15, 0.2) is 48.5 Å². The fraction of sp³-hybridized carbons (Fsp3) is 0.200. The van der Waals surface area contributed by atoms with Gasteiger partial charge in [0.25, 0.3) is 0 Å². The smallest absolute Gasteiger partial charge is 0.416 e. The lowest BCUT2D eigenvalue weighted by molar-refractivity contribution is -0.137. The van der Waals surface area contributed by atoms with E-state index in [9.17, 15) is 13.2 Å². The molecule has 0 spiro atoms. The lowest BCUT2D eigenvalue weighted by Gasteiger charge is -2.20. The van der Waals surface area contributed by atoms with Gasteiger partial charge < -0.3 is 9.64 Å². The Labute approximate surface area is 115 Å². The van der Waals surface area contributed by atoms with E-state index in [2.05, 4.69) is 0 Å². The Morgan fingerprint density at radius 3 is 1.70 bits per heavy atom. The summed E-state index contributed by atoms with van der Waals surface area (Å²) in [5.41, 5.74) is 0.901. The second-order valence-electron chi connectivity index (χ2n) is 4.30. The maximum Gasteiger partial charge on any atom is 0.416 e. The summed E-state index contributed by atoms with van der Waals surface area (Å²) in [4.78, 5) is 1.81. The second-order valence-corrected chi connectivity index (χ2v) is 4.30. The molecule has 0 bridgehead atoms. The molecule has 2 aromatic rings. The highest BCUT2D eigenvalue weighted by atomic mass is 19.4. The number of rotatable bonds is 3. The molecule has 0 radical (unpaired) electrons. The molecule has 2 nitrogen and oxygen atoms in total. The first-order valence-electron chi connectivity index (χ1n) is 5.97. The Kier molecular flexibility index (Phi) is 3.88. The van der Waals surface area contributed by atoms with Crippen LogP contribution in [-0.4, -0.2) is 14.2 Å². The number of hydrogen-bond donors (Lipinski definition) is 0. The molecular weight excluding hydrogens is 267 g/mol. The van der Waals surface area contributed by atoms with Gasteiger partial charge in [-0.1, -0.05) is 0 Å². The first-order chi connectivity index (χ1) is 9.41. The summed E-state index contributed by atoms with van der Waals surface area (Å²) in [7, 11) is 3.37. The molecule has 0 unspecified atom stereocenters. The van der Waals surface area contributed by atoms with E-state index in [-0.39, 0.29) is 0 Å². The Balaban J connectivity index is 2.22. The van der Waals surface area contributed by atoms with Crippen LogP contribution in [0.5, 0.6) is 5.75 Å². The van der Waals surface area contributed by atoms with Gasteiger partial charge in [-0.15, -0.1) is 0 Å². The highest BCUT2D eigenvalue weighted by Gasteiger charge is 2.30.